The molecule has 1 atom stereocenters. The van der Waals surface area contributed by atoms with Crippen LogP contribution in [0.5, 0.6) is 5.75 Å². The Morgan fingerprint density at radius 3 is 2.86 bits per heavy atom. The predicted molar refractivity (Wildman–Crippen MR) is 89.7 cm³/mol. The lowest BCUT2D eigenvalue weighted by atomic mass is 10.0. The van der Waals surface area contributed by atoms with Crippen molar-refractivity contribution in [2.45, 2.75) is 12.8 Å². The topological polar surface area (TPSA) is 50.9 Å². The maximum Gasteiger partial charge on any atom is 0.164 e. The Bertz CT molecular complexity index is 791. The molecule has 5 heteroatoms. The van der Waals surface area contributed by atoms with Gasteiger partial charge in [0.1, 0.15) is 17.1 Å². The molecule has 1 saturated heterocycles. The number of pyridine rings is 1. The van der Waals surface area contributed by atoms with Gasteiger partial charge in [-0.3, -0.25) is 4.57 Å². The van der Waals surface area contributed by atoms with Crippen LogP contribution in [0.2, 0.25) is 0 Å². The zero-order chi connectivity index (χ0) is 14.9. The molecule has 1 N–H and O–H groups in total. The number of phenols is 1. The molecule has 0 bridgehead atoms. The number of rotatable bonds is 3. The summed E-state index contributed by atoms with van der Waals surface area (Å²) < 4.78 is 2.12. The van der Waals surface area contributed by atoms with Crippen molar-refractivity contribution in [3.63, 3.8) is 0 Å². The van der Waals surface area contributed by atoms with Crippen LogP contribution in [-0.2, 0) is 6.42 Å². The lowest BCUT2D eigenvalue weighted by Crippen LogP contribution is -2.09. The summed E-state index contributed by atoms with van der Waals surface area (Å²) in [5, 5.41) is 9.52. The highest BCUT2D eigenvalue weighted by Gasteiger charge is 2.21. The van der Waals surface area contributed by atoms with E-state index in [0.717, 1.165) is 29.1 Å². The van der Waals surface area contributed by atoms with Gasteiger partial charge in [-0.25, -0.2) is 9.97 Å². The maximum atomic E-state index is 9.52. The van der Waals surface area contributed by atoms with Gasteiger partial charge in [0.25, 0.3) is 0 Å². The van der Waals surface area contributed by atoms with Crippen LogP contribution in [-0.4, -0.2) is 31.1 Å². The Hall–Kier alpha value is -2.01. The summed E-state index contributed by atoms with van der Waals surface area (Å²) in [5.74, 6) is 4.49. The normalized spacial score (nSPS) is 18.1. The Kier molecular flexibility index (Phi) is 3.50. The molecule has 4 rings (SSSR count). The molecule has 0 radical (unpaired) electrons. The van der Waals surface area contributed by atoms with Gasteiger partial charge in [-0.1, -0.05) is 0 Å². The van der Waals surface area contributed by atoms with E-state index >= 15 is 0 Å². The first-order chi connectivity index (χ1) is 10.8. The van der Waals surface area contributed by atoms with Crippen LogP contribution in [0.15, 0.2) is 42.6 Å². The molecule has 1 fully saturated rings. The molecule has 0 amide bonds. The van der Waals surface area contributed by atoms with Gasteiger partial charge in [-0.2, -0.15) is 11.8 Å². The molecule has 0 aliphatic carbocycles. The van der Waals surface area contributed by atoms with Crippen LogP contribution >= 0.6 is 11.8 Å². The lowest BCUT2D eigenvalue weighted by molar-refractivity contribution is 0.475. The van der Waals surface area contributed by atoms with Crippen molar-refractivity contribution in [2.24, 2.45) is 5.92 Å². The molecule has 4 nitrogen and oxygen atoms in total. The summed E-state index contributed by atoms with van der Waals surface area (Å²) in [5.41, 5.74) is 2.81. The number of thioether (sulfide) groups is 1. The minimum absolute atomic E-state index is 0.273. The Balaban J connectivity index is 1.83. The van der Waals surface area contributed by atoms with E-state index in [9.17, 15) is 5.11 Å². The number of aromatic nitrogens is 3. The van der Waals surface area contributed by atoms with Gasteiger partial charge in [0.2, 0.25) is 0 Å². The number of hydrogen-bond donors (Lipinski definition) is 1. The van der Waals surface area contributed by atoms with Gasteiger partial charge in [0.05, 0.1) is 0 Å². The second-order valence-electron chi connectivity index (χ2n) is 5.66. The smallest absolute Gasteiger partial charge is 0.164 e. The molecule has 1 aromatic carbocycles. The molecule has 3 heterocycles. The average Bonchev–Trinajstić information content (AvgIpc) is 3.16. The fraction of sp³-hybridized carbons (Fsp3) is 0.294. The number of benzene rings is 1. The van der Waals surface area contributed by atoms with Crippen LogP contribution < -0.4 is 0 Å². The van der Waals surface area contributed by atoms with E-state index < -0.39 is 0 Å². The zero-order valence-electron chi connectivity index (χ0n) is 12.1. The van der Waals surface area contributed by atoms with Crippen molar-refractivity contribution >= 4 is 22.9 Å². The fourth-order valence-electron chi connectivity index (χ4n) is 2.97. The SMILES string of the molecule is Oc1ccc(-n2c(CC3CCSC3)nc3cccnc32)cc1. The van der Waals surface area contributed by atoms with Crippen molar-refractivity contribution in [3.05, 3.63) is 48.4 Å². The number of hydrogen-bond acceptors (Lipinski definition) is 4. The van der Waals surface area contributed by atoms with E-state index in [1.54, 1.807) is 18.3 Å². The highest BCUT2D eigenvalue weighted by molar-refractivity contribution is 7.99. The number of imidazole rings is 1. The third-order valence-corrected chi connectivity index (χ3v) is 5.32. The molecule has 2 aromatic heterocycles. The van der Waals surface area contributed by atoms with E-state index in [1.807, 2.05) is 36.0 Å². The number of phenolic OH excluding ortho intramolecular Hbond substituents is 1. The van der Waals surface area contributed by atoms with Gasteiger partial charge in [0.15, 0.2) is 5.65 Å². The second-order valence-corrected chi connectivity index (χ2v) is 6.81. The van der Waals surface area contributed by atoms with Gasteiger partial charge >= 0.3 is 0 Å². The van der Waals surface area contributed by atoms with Crippen molar-refractivity contribution in [3.8, 4) is 11.4 Å². The first-order valence-corrected chi connectivity index (χ1v) is 8.66. The molecular formula is C17H17N3OS. The number of fused-ring (bicyclic) bond motifs is 1. The number of nitrogens with zero attached hydrogens (tertiary/aromatic N) is 3. The summed E-state index contributed by atoms with van der Waals surface area (Å²) in [7, 11) is 0. The zero-order valence-corrected chi connectivity index (χ0v) is 13.0. The summed E-state index contributed by atoms with van der Waals surface area (Å²) >= 11 is 2.03. The minimum Gasteiger partial charge on any atom is -0.508 e. The van der Waals surface area contributed by atoms with Crippen molar-refractivity contribution < 1.29 is 5.11 Å². The maximum absolute atomic E-state index is 9.52. The van der Waals surface area contributed by atoms with Crippen LogP contribution in [0, 0.1) is 5.92 Å². The van der Waals surface area contributed by atoms with E-state index in [4.69, 9.17) is 4.98 Å². The first kappa shape index (κ1) is 13.6. The molecule has 112 valence electrons. The Morgan fingerprint density at radius 1 is 1.23 bits per heavy atom. The fourth-order valence-corrected chi connectivity index (χ4v) is 4.26. The second kappa shape index (κ2) is 5.65. The molecular weight excluding hydrogens is 294 g/mol. The minimum atomic E-state index is 0.273. The van der Waals surface area contributed by atoms with Gasteiger partial charge in [-0.05, 0) is 60.2 Å². The van der Waals surface area contributed by atoms with Crippen LogP contribution in [0.4, 0.5) is 0 Å². The summed E-state index contributed by atoms with van der Waals surface area (Å²) in [4.78, 5) is 9.31. The predicted octanol–water partition coefficient (Wildman–Crippen LogP) is 3.42. The van der Waals surface area contributed by atoms with Gasteiger partial charge in [0, 0.05) is 18.3 Å². The molecule has 22 heavy (non-hydrogen) atoms. The third kappa shape index (κ3) is 2.46. The van der Waals surface area contributed by atoms with E-state index in [0.29, 0.717) is 5.92 Å². The van der Waals surface area contributed by atoms with Gasteiger partial charge < -0.3 is 5.11 Å². The largest absolute Gasteiger partial charge is 0.508 e. The standard InChI is InChI=1S/C17H17N3OS/c21-14-5-3-13(4-6-14)20-16(10-12-7-9-22-11-12)19-15-2-1-8-18-17(15)20/h1-6,8,12,21H,7,9-11H2. The van der Waals surface area contributed by atoms with Crippen molar-refractivity contribution in [1.82, 2.24) is 14.5 Å². The number of aromatic hydroxyl groups is 1. The monoisotopic (exact) mass is 311 g/mol. The van der Waals surface area contributed by atoms with Crippen molar-refractivity contribution in [2.75, 3.05) is 11.5 Å². The molecule has 1 unspecified atom stereocenters. The van der Waals surface area contributed by atoms with Crippen LogP contribution in [0.1, 0.15) is 12.2 Å². The summed E-state index contributed by atoms with van der Waals surface area (Å²) in [6, 6.07) is 11.2. The third-order valence-electron chi connectivity index (χ3n) is 4.09. The molecule has 1 aliphatic rings. The Morgan fingerprint density at radius 2 is 2.09 bits per heavy atom. The molecule has 1 aliphatic heterocycles. The average molecular weight is 311 g/mol. The molecule has 0 saturated carbocycles. The highest BCUT2D eigenvalue weighted by atomic mass is 32.2. The van der Waals surface area contributed by atoms with Gasteiger partial charge in [-0.15, -0.1) is 0 Å². The van der Waals surface area contributed by atoms with Crippen LogP contribution in [0.3, 0.4) is 0 Å². The lowest BCUT2D eigenvalue weighted by Gasteiger charge is -2.11. The van der Waals surface area contributed by atoms with Crippen molar-refractivity contribution in [1.29, 1.82) is 0 Å². The van der Waals surface area contributed by atoms with E-state index in [1.165, 1.54) is 17.9 Å². The summed E-state index contributed by atoms with van der Waals surface area (Å²) in [6.07, 6.45) is 4.04. The first-order valence-electron chi connectivity index (χ1n) is 7.51. The van der Waals surface area contributed by atoms with Crippen LogP contribution in [0.25, 0.3) is 16.9 Å². The van der Waals surface area contributed by atoms with E-state index in [2.05, 4.69) is 9.55 Å². The van der Waals surface area contributed by atoms with E-state index in [-0.39, 0.29) is 5.75 Å². The summed E-state index contributed by atoms with van der Waals surface area (Å²) in [6.45, 7) is 0. The quantitative estimate of drug-likeness (QED) is 0.805. The molecule has 0 spiro atoms. The Labute approximate surface area is 133 Å². The molecule has 3 aromatic rings. The highest BCUT2D eigenvalue weighted by Crippen LogP contribution is 2.29.